The summed E-state index contributed by atoms with van der Waals surface area (Å²) in [5.74, 6) is 0.715. The minimum Gasteiger partial charge on any atom is -0.478 e. The van der Waals surface area contributed by atoms with E-state index in [0.29, 0.717) is 18.6 Å². The fraction of sp³-hybridized carbons (Fsp3) is 0.615. The molecule has 2 rings (SSSR count). The number of hydrogen-bond acceptors (Lipinski definition) is 4. The van der Waals surface area contributed by atoms with E-state index in [1.165, 1.54) is 0 Å². The van der Waals surface area contributed by atoms with Gasteiger partial charge in [-0.3, -0.25) is 4.90 Å². The third-order valence-corrected chi connectivity index (χ3v) is 3.02. The average molecular weight is 236 g/mol. The highest BCUT2D eigenvalue weighted by molar-refractivity contribution is 5.15. The van der Waals surface area contributed by atoms with Crippen molar-refractivity contribution in [3.05, 3.63) is 23.9 Å². The maximum atomic E-state index is 5.40. The lowest BCUT2D eigenvalue weighted by molar-refractivity contribution is 0.107. The van der Waals surface area contributed by atoms with Crippen molar-refractivity contribution in [2.24, 2.45) is 0 Å². The third kappa shape index (κ3) is 3.41. The highest BCUT2D eigenvalue weighted by Gasteiger charge is 2.22. The van der Waals surface area contributed by atoms with E-state index in [2.05, 4.69) is 9.88 Å². The van der Waals surface area contributed by atoms with Gasteiger partial charge in [0.15, 0.2) is 0 Å². The van der Waals surface area contributed by atoms with Crippen LogP contribution in [0.5, 0.6) is 5.88 Å². The summed E-state index contributed by atoms with van der Waals surface area (Å²) in [5.41, 5.74) is 1.06. The highest BCUT2D eigenvalue weighted by Crippen LogP contribution is 2.15. The van der Waals surface area contributed by atoms with Crippen LogP contribution in [-0.2, 0) is 11.3 Å². The van der Waals surface area contributed by atoms with E-state index >= 15 is 0 Å². The van der Waals surface area contributed by atoms with Crippen LogP contribution in [0.4, 0.5) is 0 Å². The van der Waals surface area contributed by atoms with Gasteiger partial charge in [-0.15, -0.1) is 0 Å². The number of pyridine rings is 1. The molecule has 17 heavy (non-hydrogen) atoms. The molecule has 4 heteroatoms. The lowest BCUT2D eigenvalue weighted by Gasteiger charge is -2.15. The number of methoxy groups -OCH3 is 1. The van der Waals surface area contributed by atoms with Gasteiger partial charge in [0.2, 0.25) is 5.88 Å². The van der Waals surface area contributed by atoms with Crippen molar-refractivity contribution in [2.75, 3.05) is 26.8 Å². The Morgan fingerprint density at radius 1 is 1.47 bits per heavy atom. The van der Waals surface area contributed by atoms with Crippen LogP contribution in [-0.4, -0.2) is 42.8 Å². The molecular formula is C13H20N2O2. The number of nitrogens with zero attached hydrogens (tertiary/aromatic N) is 2. The van der Waals surface area contributed by atoms with E-state index < -0.39 is 0 Å². The Kier molecular flexibility index (Phi) is 4.34. The van der Waals surface area contributed by atoms with Gasteiger partial charge < -0.3 is 9.47 Å². The first-order chi connectivity index (χ1) is 8.31. The van der Waals surface area contributed by atoms with Gasteiger partial charge in [0.05, 0.1) is 18.4 Å². The van der Waals surface area contributed by atoms with Gasteiger partial charge in [0.25, 0.3) is 0 Å². The number of hydrogen-bond donors (Lipinski definition) is 0. The Labute approximate surface area is 103 Å². The summed E-state index contributed by atoms with van der Waals surface area (Å²) in [6.45, 7) is 5.58. The van der Waals surface area contributed by atoms with E-state index in [9.17, 15) is 0 Å². The predicted octanol–water partition coefficient (Wildman–Crippen LogP) is 1.70. The quantitative estimate of drug-likeness (QED) is 0.779. The third-order valence-electron chi connectivity index (χ3n) is 3.02. The number of ether oxygens (including phenoxy) is 2. The van der Waals surface area contributed by atoms with Crippen molar-refractivity contribution in [1.82, 2.24) is 9.88 Å². The first kappa shape index (κ1) is 12.3. The van der Waals surface area contributed by atoms with Crippen molar-refractivity contribution in [3.63, 3.8) is 0 Å². The molecule has 0 saturated carbocycles. The standard InChI is InChI=1S/C13H20N2O2/c1-3-17-13-6-4-5-11(14-13)9-15-8-7-12(10-15)16-2/h4-6,12H,3,7-10H2,1-2H3/t12-/m1/s1. The minimum absolute atomic E-state index is 0.380. The largest absolute Gasteiger partial charge is 0.478 e. The minimum atomic E-state index is 0.380. The molecule has 94 valence electrons. The van der Waals surface area contributed by atoms with Crippen LogP contribution in [0.2, 0.25) is 0 Å². The summed E-state index contributed by atoms with van der Waals surface area (Å²) < 4.78 is 10.8. The zero-order chi connectivity index (χ0) is 12.1. The van der Waals surface area contributed by atoms with Gasteiger partial charge in [0.1, 0.15) is 0 Å². The molecule has 0 spiro atoms. The lowest BCUT2D eigenvalue weighted by atomic mass is 10.3. The fourth-order valence-electron chi connectivity index (χ4n) is 2.14. The first-order valence-corrected chi connectivity index (χ1v) is 6.15. The number of rotatable bonds is 5. The zero-order valence-electron chi connectivity index (χ0n) is 10.6. The molecule has 0 aromatic carbocycles. The van der Waals surface area contributed by atoms with E-state index in [1.54, 1.807) is 7.11 Å². The summed E-state index contributed by atoms with van der Waals surface area (Å²) in [5, 5.41) is 0. The number of aromatic nitrogens is 1. The fourth-order valence-corrected chi connectivity index (χ4v) is 2.14. The van der Waals surface area contributed by atoms with Gasteiger partial charge in [-0.2, -0.15) is 0 Å². The van der Waals surface area contributed by atoms with E-state index in [-0.39, 0.29) is 0 Å². The Morgan fingerprint density at radius 2 is 2.35 bits per heavy atom. The molecule has 0 N–H and O–H groups in total. The van der Waals surface area contributed by atoms with E-state index in [0.717, 1.165) is 31.7 Å². The second-order valence-electron chi connectivity index (χ2n) is 4.28. The van der Waals surface area contributed by atoms with Crippen molar-refractivity contribution >= 4 is 0 Å². The van der Waals surface area contributed by atoms with Crippen LogP contribution >= 0.6 is 0 Å². The molecule has 4 nitrogen and oxygen atoms in total. The van der Waals surface area contributed by atoms with Crippen LogP contribution in [0, 0.1) is 0 Å². The van der Waals surface area contributed by atoms with Gasteiger partial charge in [-0.05, 0) is 19.4 Å². The molecule has 1 saturated heterocycles. The summed E-state index contributed by atoms with van der Waals surface area (Å²) in [4.78, 5) is 6.84. The highest BCUT2D eigenvalue weighted by atomic mass is 16.5. The monoisotopic (exact) mass is 236 g/mol. The Balaban J connectivity index is 1.92. The molecule has 0 amide bonds. The molecule has 0 radical (unpaired) electrons. The summed E-state index contributed by atoms with van der Waals surface area (Å²) in [7, 11) is 1.78. The topological polar surface area (TPSA) is 34.6 Å². The van der Waals surface area contributed by atoms with Crippen molar-refractivity contribution in [3.8, 4) is 5.88 Å². The molecule has 1 aliphatic heterocycles. The molecule has 1 atom stereocenters. The Bertz CT molecular complexity index is 357. The molecule has 0 unspecified atom stereocenters. The molecular weight excluding hydrogens is 216 g/mol. The average Bonchev–Trinajstić information content (AvgIpc) is 2.78. The predicted molar refractivity (Wildman–Crippen MR) is 66.1 cm³/mol. The SMILES string of the molecule is CCOc1cccc(CN2CC[C@@H](OC)C2)n1. The summed E-state index contributed by atoms with van der Waals surface area (Å²) >= 11 is 0. The van der Waals surface area contributed by atoms with E-state index in [1.807, 2.05) is 25.1 Å². The maximum Gasteiger partial charge on any atom is 0.213 e. The van der Waals surface area contributed by atoms with Gasteiger partial charge in [-0.1, -0.05) is 6.07 Å². The zero-order valence-corrected chi connectivity index (χ0v) is 10.6. The second-order valence-corrected chi connectivity index (χ2v) is 4.28. The lowest BCUT2D eigenvalue weighted by Crippen LogP contribution is -2.22. The van der Waals surface area contributed by atoms with Crippen LogP contribution in [0.3, 0.4) is 0 Å². The molecule has 1 aromatic rings. The molecule has 1 aromatic heterocycles. The normalized spacial score (nSPS) is 20.7. The smallest absolute Gasteiger partial charge is 0.213 e. The van der Waals surface area contributed by atoms with Crippen LogP contribution in [0.25, 0.3) is 0 Å². The molecule has 1 fully saturated rings. The van der Waals surface area contributed by atoms with Crippen molar-refractivity contribution < 1.29 is 9.47 Å². The number of likely N-dealkylation sites (tertiary alicyclic amines) is 1. The van der Waals surface area contributed by atoms with Gasteiger partial charge in [0, 0.05) is 32.8 Å². The van der Waals surface area contributed by atoms with Crippen molar-refractivity contribution in [2.45, 2.75) is 26.0 Å². The molecule has 2 heterocycles. The Hall–Kier alpha value is -1.13. The van der Waals surface area contributed by atoms with Gasteiger partial charge in [-0.25, -0.2) is 4.98 Å². The summed E-state index contributed by atoms with van der Waals surface area (Å²) in [6.07, 6.45) is 1.49. The van der Waals surface area contributed by atoms with Crippen LogP contribution < -0.4 is 4.74 Å². The van der Waals surface area contributed by atoms with Crippen LogP contribution in [0.1, 0.15) is 19.0 Å². The first-order valence-electron chi connectivity index (χ1n) is 6.15. The van der Waals surface area contributed by atoms with Crippen molar-refractivity contribution in [1.29, 1.82) is 0 Å². The van der Waals surface area contributed by atoms with Crippen LogP contribution in [0.15, 0.2) is 18.2 Å². The van der Waals surface area contributed by atoms with E-state index in [4.69, 9.17) is 9.47 Å². The molecule has 1 aliphatic rings. The molecule has 0 bridgehead atoms. The Morgan fingerprint density at radius 3 is 3.06 bits per heavy atom. The van der Waals surface area contributed by atoms with Gasteiger partial charge >= 0.3 is 0 Å². The second kappa shape index (κ2) is 5.98. The summed E-state index contributed by atoms with van der Waals surface area (Å²) in [6, 6.07) is 5.94. The maximum absolute atomic E-state index is 5.40. The molecule has 0 aliphatic carbocycles.